The summed E-state index contributed by atoms with van der Waals surface area (Å²) in [6.07, 6.45) is 2.62. The van der Waals surface area contributed by atoms with Gasteiger partial charge in [-0.25, -0.2) is 9.78 Å². The van der Waals surface area contributed by atoms with Gasteiger partial charge in [0, 0.05) is 23.4 Å². The van der Waals surface area contributed by atoms with Crippen molar-refractivity contribution >= 4 is 42.4 Å². The number of amides is 3. The Bertz CT molecular complexity index is 1370. The zero-order valence-electron chi connectivity index (χ0n) is 25.3. The standard InChI is InChI=1S/C30H41BN4O7/c1-16-23(40-5)11-10-19-24(13-20(22(36)14-31)33-25(16)19)41-18-12-21(27(32)37)35(15-18)28(38)26(30(2,3)4)34-29(39)42-17-8-6-7-9-17/h10-11,13,17-18,21,26H,6-9,12,14-15,31H2,1-5H3,(H2,32,37)(H,34,39)/t18-,21+,26-/m1/s1. The van der Waals surface area contributed by atoms with Crippen LogP contribution in [0.5, 0.6) is 11.5 Å². The molecule has 1 saturated carbocycles. The summed E-state index contributed by atoms with van der Waals surface area (Å²) in [5.74, 6) is -0.220. The van der Waals surface area contributed by atoms with Gasteiger partial charge in [0.15, 0.2) is 5.78 Å². The van der Waals surface area contributed by atoms with Gasteiger partial charge in [-0.2, -0.15) is 0 Å². The number of fused-ring (bicyclic) bond motifs is 1. The Balaban J connectivity index is 1.61. The first kappa shape index (κ1) is 31.1. The molecule has 0 unspecified atom stereocenters. The Morgan fingerprint density at radius 3 is 2.43 bits per heavy atom. The summed E-state index contributed by atoms with van der Waals surface area (Å²) in [5.41, 5.74) is 6.66. The van der Waals surface area contributed by atoms with Crippen molar-refractivity contribution in [2.75, 3.05) is 13.7 Å². The number of pyridine rings is 1. The van der Waals surface area contributed by atoms with Gasteiger partial charge in [-0.05, 0) is 56.5 Å². The Morgan fingerprint density at radius 1 is 1.14 bits per heavy atom. The second kappa shape index (κ2) is 12.6. The van der Waals surface area contributed by atoms with E-state index in [0.717, 1.165) is 31.2 Å². The molecule has 3 atom stereocenters. The molecule has 3 amide bonds. The number of benzene rings is 1. The Hall–Kier alpha value is -3.83. The third kappa shape index (κ3) is 6.63. The number of hydrogen-bond donors (Lipinski definition) is 2. The highest BCUT2D eigenvalue weighted by molar-refractivity contribution is 6.23. The SMILES string of the molecule is BCC(=O)c1cc(O[C@@H]2C[C@@H](C(N)=O)N(C(=O)[C@@H](NC(=O)OC3CCCC3)C(C)(C)C)C2)c2ccc(OC)c(C)c2n1. The number of carbonyl (C=O) groups is 4. The van der Waals surface area contributed by atoms with Crippen LogP contribution in [0.25, 0.3) is 10.9 Å². The van der Waals surface area contributed by atoms with E-state index in [1.54, 1.807) is 27.1 Å². The lowest BCUT2D eigenvalue weighted by Gasteiger charge is -2.34. The lowest BCUT2D eigenvalue weighted by Crippen LogP contribution is -2.57. The quantitative estimate of drug-likeness (QED) is 0.340. The summed E-state index contributed by atoms with van der Waals surface area (Å²) >= 11 is 0. The summed E-state index contributed by atoms with van der Waals surface area (Å²) in [6.45, 7) is 7.42. The van der Waals surface area contributed by atoms with E-state index >= 15 is 0 Å². The van der Waals surface area contributed by atoms with Gasteiger partial charge in [0.05, 0.1) is 19.2 Å². The van der Waals surface area contributed by atoms with Gasteiger partial charge in [-0.3, -0.25) is 14.4 Å². The number of aryl methyl sites for hydroxylation is 1. The van der Waals surface area contributed by atoms with E-state index in [2.05, 4.69) is 10.3 Å². The van der Waals surface area contributed by atoms with E-state index in [1.165, 1.54) is 4.90 Å². The number of nitrogens with two attached hydrogens (primary N) is 1. The van der Waals surface area contributed by atoms with E-state index in [9.17, 15) is 19.2 Å². The largest absolute Gasteiger partial charge is 0.496 e. The minimum atomic E-state index is -0.961. The molecule has 2 heterocycles. The smallest absolute Gasteiger partial charge is 0.408 e. The number of ether oxygens (including phenoxy) is 3. The van der Waals surface area contributed by atoms with E-state index in [-0.39, 0.29) is 36.9 Å². The van der Waals surface area contributed by atoms with Gasteiger partial charge in [0.1, 0.15) is 49.3 Å². The van der Waals surface area contributed by atoms with Crippen LogP contribution in [0, 0.1) is 12.3 Å². The molecule has 2 aromatic rings. The zero-order valence-corrected chi connectivity index (χ0v) is 25.3. The summed E-state index contributed by atoms with van der Waals surface area (Å²) in [4.78, 5) is 57.8. The van der Waals surface area contributed by atoms with Crippen LogP contribution in [0.15, 0.2) is 18.2 Å². The highest BCUT2D eigenvalue weighted by Crippen LogP contribution is 2.35. The molecule has 1 saturated heterocycles. The van der Waals surface area contributed by atoms with Crippen molar-refractivity contribution in [3.8, 4) is 11.5 Å². The summed E-state index contributed by atoms with van der Waals surface area (Å²) < 4.78 is 17.4. The molecule has 2 aliphatic rings. The molecule has 42 heavy (non-hydrogen) atoms. The van der Waals surface area contributed by atoms with Crippen molar-refractivity contribution in [2.45, 2.75) is 90.4 Å². The number of Topliss-reactive ketones (excluding diaryl/α,β-unsaturated/α-hetero) is 1. The maximum atomic E-state index is 13.9. The highest BCUT2D eigenvalue weighted by atomic mass is 16.6. The van der Waals surface area contributed by atoms with E-state index in [0.29, 0.717) is 22.4 Å². The molecule has 1 aliphatic carbocycles. The van der Waals surface area contributed by atoms with E-state index in [1.807, 2.05) is 33.8 Å². The number of rotatable bonds is 9. The molecule has 0 spiro atoms. The molecule has 0 bridgehead atoms. The zero-order chi connectivity index (χ0) is 30.8. The average Bonchev–Trinajstić information content (AvgIpc) is 3.61. The number of hydrogen-bond acceptors (Lipinski definition) is 8. The van der Waals surface area contributed by atoms with Crippen LogP contribution in [0.1, 0.15) is 68.9 Å². The van der Waals surface area contributed by atoms with Gasteiger partial charge < -0.3 is 30.2 Å². The number of ketones is 1. The fourth-order valence-electron chi connectivity index (χ4n) is 5.72. The van der Waals surface area contributed by atoms with Crippen LogP contribution >= 0.6 is 0 Å². The maximum absolute atomic E-state index is 13.9. The number of carbonyl (C=O) groups excluding carboxylic acids is 4. The Morgan fingerprint density at radius 2 is 1.83 bits per heavy atom. The molecule has 3 N–H and O–H groups in total. The normalized spacial score (nSPS) is 19.9. The molecule has 1 aliphatic heterocycles. The minimum Gasteiger partial charge on any atom is -0.496 e. The molecule has 2 fully saturated rings. The second-order valence-corrected chi connectivity index (χ2v) is 12.2. The fraction of sp³-hybridized carbons (Fsp3) is 0.567. The van der Waals surface area contributed by atoms with Gasteiger partial charge in [-0.1, -0.05) is 20.8 Å². The summed E-state index contributed by atoms with van der Waals surface area (Å²) in [6, 6.07) is 3.31. The average molecular weight is 580 g/mol. The first-order valence-electron chi connectivity index (χ1n) is 14.6. The third-order valence-electron chi connectivity index (χ3n) is 8.09. The lowest BCUT2D eigenvalue weighted by atomic mass is 9.85. The van der Waals surface area contributed by atoms with Crippen molar-refractivity contribution in [3.63, 3.8) is 0 Å². The molecule has 12 heteroatoms. The number of nitrogens with zero attached hydrogens (tertiary/aromatic N) is 2. The van der Waals surface area contributed by atoms with E-state index in [4.69, 9.17) is 19.9 Å². The van der Waals surface area contributed by atoms with Crippen molar-refractivity contribution in [3.05, 3.63) is 29.5 Å². The molecular formula is C30H41BN4O7. The van der Waals surface area contributed by atoms with E-state index < -0.39 is 41.5 Å². The fourth-order valence-corrected chi connectivity index (χ4v) is 5.72. The number of alkyl carbamates (subject to hydrolysis) is 1. The number of primary amides is 1. The predicted molar refractivity (Wildman–Crippen MR) is 160 cm³/mol. The van der Waals surface area contributed by atoms with Gasteiger partial charge in [0.25, 0.3) is 0 Å². The molecule has 11 nitrogen and oxygen atoms in total. The first-order chi connectivity index (χ1) is 19.8. The first-order valence-corrected chi connectivity index (χ1v) is 14.6. The van der Waals surface area contributed by atoms with Crippen molar-refractivity contribution in [1.82, 2.24) is 15.2 Å². The number of nitrogens with one attached hydrogen (secondary N) is 1. The molecule has 0 radical (unpaired) electrons. The second-order valence-electron chi connectivity index (χ2n) is 12.2. The van der Waals surface area contributed by atoms with Crippen LogP contribution in [0.4, 0.5) is 4.79 Å². The number of methoxy groups -OCH3 is 1. The molecule has 1 aromatic carbocycles. The number of aromatic nitrogens is 1. The van der Waals surface area contributed by atoms with Crippen LogP contribution in [0.2, 0.25) is 6.32 Å². The lowest BCUT2D eigenvalue weighted by molar-refractivity contribution is -0.141. The Labute approximate surface area is 247 Å². The van der Waals surface area contributed by atoms with Crippen LogP contribution in [-0.4, -0.2) is 79.4 Å². The van der Waals surface area contributed by atoms with Crippen LogP contribution in [0.3, 0.4) is 0 Å². The highest BCUT2D eigenvalue weighted by Gasteiger charge is 2.45. The summed E-state index contributed by atoms with van der Waals surface area (Å²) in [5, 5.41) is 3.42. The third-order valence-corrected chi connectivity index (χ3v) is 8.09. The Kier molecular flexibility index (Phi) is 9.32. The molecular weight excluding hydrogens is 539 g/mol. The molecule has 4 rings (SSSR count). The number of likely N-dealkylation sites (tertiary alicyclic amines) is 1. The van der Waals surface area contributed by atoms with Crippen molar-refractivity contribution < 1.29 is 33.4 Å². The van der Waals surface area contributed by atoms with Crippen molar-refractivity contribution in [2.24, 2.45) is 11.1 Å². The maximum Gasteiger partial charge on any atom is 0.408 e. The van der Waals surface area contributed by atoms with Gasteiger partial charge in [0.2, 0.25) is 11.8 Å². The topological polar surface area (TPSA) is 150 Å². The van der Waals surface area contributed by atoms with Gasteiger partial charge >= 0.3 is 6.09 Å². The van der Waals surface area contributed by atoms with Crippen molar-refractivity contribution in [1.29, 1.82) is 0 Å². The van der Waals surface area contributed by atoms with Crippen LogP contribution < -0.4 is 20.5 Å². The monoisotopic (exact) mass is 580 g/mol. The van der Waals surface area contributed by atoms with Gasteiger partial charge in [-0.15, -0.1) is 0 Å². The molecule has 226 valence electrons. The molecule has 1 aromatic heterocycles. The van der Waals surface area contributed by atoms with Crippen LogP contribution in [-0.2, 0) is 14.3 Å². The predicted octanol–water partition coefficient (Wildman–Crippen LogP) is 2.70. The summed E-state index contributed by atoms with van der Waals surface area (Å²) in [7, 11) is 3.32. The minimum absolute atomic E-state index is 0.0639.